The first-order valence-electron chi connectivity index (χ1n) is 2.62. The van der Waals surface area contributed by atoms with E-state index in [9.17, 15) is 0 Å². The summed E-state index contributed by atoms with van der Waals surface area (Å²) in [5, 5.41) is 0. The molecule has 48 valence electrons. The van der Waals surface area contributed by atoms with Crippen LogP contribution in [0.5, 0.6) is 0 Å². The molecule has 9 heavy (non-hydrogen) atoms. The van der Waals surface area contributed by atoms with Crippen LogP contribution in [0.4, 0.5) is 0 Å². The summed E-state index contributed by atoms with van der Waals surface area (Å²) < 4.78 is 5.00. The molecule has 1 nitrogen and oxygen atoms in total. The van der Waals surface area contributed by atoms with E-state index in [4.69, 9.17) is 16.0 Å². The Balaban J connectivity index is 2.77. The molecule has 0 aliphatic carbocycles. The second kappa shape index (κ2) is 2.74. The Bertz CT molecular complexity index is 189. The summed E-state index contributed by atoms with van der Waals surface area (Å²) in [6.45, 7) is 3.69. The zero-order chi connectivity index (χ0) is 6.69. The van der Waals surface area contributed by atoms with Crippen molar-refractivity contribution in [3.8, 4) is 0 Å². The van der Waals surface area contributed by atoms with Crippen LogP contribution >= 0.6 is 11.6 Å². The first-order chi connectivity index (χ1) is 4.34. The van der Waals surface area contributed by atoms with Crippen molar-refractivity contribution >= 4 is 17.2 Å². The van der Waals surface area contributed by atoms with E-state index in [0.29, 0.717) is 5.88 Å². The highest BCUT2D eigenvalue weighted by atomic mass is 35.5. The van der Waals surface area contributed by atoms with Crippen LogP contribution in [0.25, 0.3) is 5.57 Å². The Labute approximate surface area is 58.9 Å². The number of alkyl halides is 1. The molecule has 0 aromatic carbocycles. The molecule has 1 aromatic rings. The molecule has 0 unspecified atom stereocenters. The maximum Gasteiger partial charge on any atom is 0.130 e. The first-order valence-corrected chi connectivity index (χ1v) is 3.15. The summed E-state index contributed by atoms with van der Waals surface area (Å²) in [5.74, 6) is 1.19. The molecule has 0 aliphatic heterocycles. The lowest BCUT2D eigenvalue weighted by molar-refractivity contribution is 0.553. The van der Waals surface area contributed by atoms with Crippen LogP contribution in [0, 0.1) is 0 Å². The normalized spacial score (nSPS) is 9.44. The summed E-state index contributed by atoms with van der Waals surface area (Å²) in [6, 6.07) is 3.65. The third-order valence-electron chi connectivity index (χ3n) is 1.03. The van der Waals surface area contributed by atoms with Gasteiger partial charge >= 0.3 is 0 Å². The fourth-order valence-electron chi connectivity index (χ4n) is 0.546. The summed E-state index contributed by atoms with van der Waals surface area (Å²) in [4.78, 5) is 0. The fourth-order valence-corrected chi connectivity index (χ4v) is 0.677. The second-order valence-corrected chi connectivity index (χ2v) is 1.98. The van der Waals surface area contributed by atoms with Crippen LogP contribution in [0.2, 0.25) is 0 Å². The Hall–Kier alpha value is -0.690. The average Bonchev–Trinajstić information content (AvgIpc) is 2.37. The molecular weight excluding hydrogens is 136 g/mol. The number of halogens is 1. The molecular formula is C7H7ClO. The molecule has 0 saturated carbocycles. The zero-order valence-electron chi connectivity index (χ0n) is 4.93. The minimum atomic E-state index is 0.424. The van der Waals surface area contributed by atoms with Crippen LogP contribution < -0.4 is 0 Å². The van der Waals surface area contributed by atoms with Gasteiger partial charge in [0.1, 0.15) is 5.76 Å². The number of hydrogen-bond acceptors (Lipinski definition) is 1. The highest BCUT2D eigenvalue weighted by Crippen LogP contribution is 2.12. The molecule has 0 radical (unpaired) electrons. The van der Waals surface area contributed by atoms with Crippen molar-refractivity contribution in [3.63, 3.8) is 0 Å². The minimum Gasteiger partial charge on any atom is -0.465 e. The third-order valence-corrected chi connectivity index (χ3v) is 1.35. The van der Waals surface area contributed by atoms with Gasteiger partial charge in [0.25, 0.3) is 0 Å². The highest BCUT2D eigenvalue weighted by molar-refractivity contribution is 6.22. The van der Waals surface area contributed by atoms with E-state index in [0.717, 1.165) is 11.3 Å². The molecule has 0 fully saturated rings. The van der Waals surface area contributed by atoms with E-state index < -0.39 is 0 Å². The molecule has 0 aliphatic rings. The quantitative estimate of drug-likeness (QED) is 0.579. The van der Waals surface area contributed by atoms with Gasteiger partial charge in [0.05, 0.1) is 12.1 Å². The van der Waals surface area contributed by atoms with Crippen molar-refractivity contribution in [3.05, 3.63) is 30.7 Å². The van der Waals surface area contributed by atoms with E-state index >= 15 is 0 Å². The van der Waals surface area contributed by atoms with Gasteiger partial charge in [0, 0.05) is 5.57 Å². The monoisotopic (exact) mass is 142 g/mol. The molecule has 0 saturated heterocycles. The fraction of sp³-hybridized carbons (Fsp3) is 0.143. The van der Waals surface area contributed by atoms with Crippen LogP contribution in [-0.2, 0) is 0 Å². The van der Waals surface area contributed by atoms with Gasteiger partial charge < -0.3 is 4.42 Å². The van der Waals surface area contributed by atoms with Gasteiger partial charge in [-0.05, 0) is 12.1 Å². The molecule has 1 heterocycles. The Morgan fingerprint density at radius 3 is 3.00 bits per heavy atom. The van der Waals surface area contributed by atoms with Gasteiger partial charge in [-0.3, -0.25) is 0 Å². The molecule has 0 bridgehead atoms. The average molecular weight is 143 g/mol. The maximum absolute atomic E-state index is 5.48. The lowest BCUT2D eigenvalue weighted by Crippen LogP contribution is -1.76. The largest absolute Gasteiger partial charge is 0.465 e. The van der Waals surface area contributed by atoms with Crippen molar-refractivity contribution < 1.29 is 4.42 Å². The zero-order valence-corrected chi connectivity index (χ0v) is 5.69. The molecule has 1 rings (SSSR count). The van der Waals surface area contributed by atoms with Gasteiger partial charge in [-0.2, -0.15) is 0 Å². The second-order valence-electron chi connectivity index (χ2n) is 1.71. The SMILES string of the molecule is C=C(CCl)c1ccco1. The lowest BCUT2D eigenvalue weighted by Gasteiger charge is -1.91. The molecule has 0 N–H and O–H groups in total. The number of rotatable bonds is 2. The van der Waals surface area contributed by atoms with Gasteiger partial charge in [0.2, 0.25) is 0 Å². The topological polar surface area (TPSA) is 13.1 Å². The smallest absolute Gasteiger partial charge is 0.130 e. The third kappa shape index (κ3) is 1.36. The molecule has 2 heteroatoms. The molecule has 1 aromatic heterocycles. The summed E-state index contributed by atoms with van der Waals surface area (Å²) in [7, 11) is 0. The van der Waals surface area contributed by atoms with E-state index in [1.54, 1.807) is 6.26 Å². The van der Waals surface area contributed by atoms with E-state index in [-0.39, 0.29) is 0 Å². The predicted molar refractivity (Wildman–Crippen MR) is 38.5 cm³/mol. The van der Waals surface area contributed by atoms with Gasteiger partial charge in [-0.15, -0.1) is 11.6 Å². The van der Waals surface area contributed by atoms with Gasteiger partial charge in [0.15, 0.2) is 0 Å². The van der Waals surface area contributed by atoms with Gasteiger partial charge in [-0.1, -0.05) is 6.58 Å². The summed E-state index contributed by atoms with van der Waals surface area (Å²) in [6.07, 6.45) is 1.60. The number of furan rings is 1. The summed E-state index contributed by atoms with van der Waals surface area (Å²) in [5.41, 5.74) is 0.821. The summed E-state index contributed by atoms with van der Waals surface area (Å²) >= 11 is 5.48. The van der Waals surface area contributed by atoms with E-state index in [1.807, 2.05) is 12.1 Å². The van der Waals surface area contributed by atoms with Gasteiger partial charge in [-0.25, -0.2) is 0 Å². The Kier molecular flexibility index (Phi) is 1.96. The molecule has 0 amide bonds. The van der Waals surface area contributed by atoms with Crippen molar-refractivity contribution in [1.29, 1.82) is 0 Å². The van der Waals surface area contributed by atoms with Crippen LogP contribution in [0.3, 0.4) is 0 Å². The Morgan fingerprint density at radius 1 is 1.78 bits per heavy atom. The molecule has 0 spiro atoms. The lowest BCUT2D eigenvalue weighted by atomic mass is 10.3. The number of allylic oxidation sites excluding steroid dienone is 1. The van der Waals surface area contributed by atoms with Crippen LogP contribution in [0.15, 0.2) is 29.4 Å². The maximum atomic E-state index is 5.48. The number of hydrogen-bond donors (Lipinski definition) is 0. The van der Waals surface area contributed by atoms with Crippen LogP contribution in [0.1, 0.15) is 5.76 Å². The van der Waals surface area contributed by atoms with E-state index in [2.05, 4.69) is 6.58 Å². The minimum absolute atomic E-state index is 0.424. The Morgan fingerprint density at radius 2 is 2.56 bits per heavy atom. The van der Waals surface area contributed by atoms with Crippen molar-refractivity contribution in [1.82, 2.24) is 0 Å². The standard InChI is InChI=1S/C7H7ClO/c1-6(5-8)7-3-2-4-9-7/h2-4H,1,5H2. The van der Waals surface area contributed by atoms with Crippen molar-refractivity contribution in [2.24, 2.45) is 0 Å². The van der Waals surface area contributed by atoms with Crippen LogP contribution in [-0.4, -0.2) is 5.88 Å². The van der Waals surface area contributed by atoms with Crippen molar-refractivity contribution in [2.45, 2.75) is 0 Å². The van der Waals surface area contributed by atoms with Crippen molar-refractivity contribution in [2.75, 3.05) is 5.88 Å². The predicted octanol–water partition coefficient (Wildman–Crippen LogP) is 2.53. The molecule has 0 atom stereocenters. The first kappa shape index (κ1) is 6.43. The highest BCUT2D eigenvalue weighted by Gasteiger charge is 1.96. The van der Waals surface area contributed by atoms with E-state index in [1.165, 1.54) is 0 Å².